The van der Waals surface area contributed by atoms with Crippen molar-refractivity contribution < 1.29 is 80.2 Å². The predicted octanol–water partition coefficient (Wildman–Crippen LogP) is 25.2. The Labute approximate surface area is 626 Å². The normalized spacial score (nSPS) is 14.1. The summed E-state index contributed by atoms with van der Waals surface area (Å²) in [6, 6.07) is 0. The third kappa shape index (κ3) is 74.9. The Hall–Kier alpha value is -1.94. The van der Waals surface area contributed by atoms with Crippen molar-refractivity contribution in [2.75, 3.05) is 39.6 Å². The zero-order valence-corrected chi connectivity index (χ0v) is 68.5. The Morgan fingerprint density at radius 1 is 0.275 bits per heavy atom. The number of phosphoric ester groups is 2. The first-order valence-electron chi connectivity index (χ1n) is 43.2. The molecule has 0 bridgehead atoms. The molecule has 0 aliphatic rings. The van der Waals surface area contributed by atoms with Crippen LogP contribution in [0.5, 0.6) is 0 Å². The van der Waals surface area contributed by atoms with Gasteiger partial charge in [-0.2, -0.15) is 0 Å². The maximum Gasteiger partial charge on any atom is 0.472 e. The summed E-state index contributed by atoms with van der Waals surface area (Å²) in [4.78, 5) is 73.1. The summed E-state index contributed by atoms with van der Waals surface area (Å²) < 4.78 is 68.8. The molecular formula is C83H162O17P2. The summed E-state index contributed by atoms with van der Waals surface area (Å²) in [5.74, 6) is -1.32. The second-order valence-electron chi connectivity index (χ2n) is 30.1. The predicted molar refractivity (Wildman–Crippen MR) is 418 cm³/mol. The number of hydrogen-bond donors (Lipinski definition) is 3. The summed E-state index contributed by atoms with van der Waals surface area (Å²) in [5.41, 5.74) is 0. The molecule has 0 aromatic heterocycles. The SMILES string of the molecule is CCCCCCCCCCCCCCCCCCCCCCC(=O)O[C@H](COC(=O)CCCCCCCCCCCCCCCCCCC)COP(=O)(O)OC[C@@H](O)COP(=O)(O)OC[C@@H](COC(=O)CCCCCCCCCCC(C)CC)OC(=O)CCCCCCCCCCCCCCC. The molecule has 606 valence electrons. The standard InChI is InChI=1S/C83H162O17P2/c1-6-10-13-16-19-22-25-28-30-32-33-34-36-38-41-44-47-54-59-64-69-83(88)99-78(72-93-80(85)66-61-56-51-45-42-40-37-35-31-29-26-23-20-17-14-11-7-2)74-97-101(89,90)95-70-77(84)71-96-102(91,92)98-75-79(73-94-81(86)67-62-57-52-49-48-50-55-60-65-76(5)9-4)100-82(87)68-63-58-53-46-43-39-27-24-21-18-15-12-8-3/h76-79,84H,6-75H2,1-5H3,(H,89,90)(H,91,92)/t76?,77-,78-,79-/m1/s1. The lowest BCUT2D eigenvalue weighted by atomic mass is 9.99. The number of rotatable bonds is 83. The van der Waals surface area contributed by atoms with E-state index >= 15 is 0 Å². The number of esters is 4. The van der Waals surface area contributed by atoms with Gasteiger partial charge in [-0.3, -0.25) is 37.3 Å². The molecule has 17 nitrogen and oxygen atoms in total. The molecule has 0 fully saturated rings. The second kappa shape index (κ2) is 75.9. The third-order valence-electron chi connectivity index (χ3n) is 19.9. The lowest BCUT2D eigenvalue weighted by Crippen LogP contribution is -2.30. The molecule has 3 N–H and O–H groups in total. The van der Waals surface area contributed by atoms with Crippen LogP contribution < -0.4 is 0 Å². The fourth-order valence-electron chi connectivity index (χ4n) is 12.9. The number of phosphoric acid groups is 2. The van der Waals surface area contributed by atoms with E-state index in [1.165, 1.54) is 270 Å². The summed E-state index contributed by atoms with van der Waals surface area (Å²) in [5, 5.41) is 10.7. The van der Waals surface area contributed by atoms with Crippen molar-refractivity contribution in [3.05, 3.63) is 0 Å². The van der Waals surface area contributed by atoms with Crippen molar-refractivity contribution in [2.24, 2.45) is 5.92 Å². The van der Waals surface area contributed by atoms with Gasteiger partial charge in [-0.25, -0.2) is 9.13 Å². The van der Waals surface area contributed by atoms with Crippen LogP contribution in [0.4, 0.5) is 0 Å². The molecule has 0 aliphatic carbocycles. The molecular weight excluding hydrogens is 1330 g/mol. The molecule has 0 saturated heterocycles. The van der Waals surface area contributed by atoms with Crippen LogP contribution in [0, 0.1) is 5.92 Å². The van der Waals surface area contributed by atoms with Crippen LogP contribution in [-0.2, 0) is 65.4 Å². The van der Waals surface area contributed by atoms with E-state index in [2.05, 4.69) is 34.6 Å². The minimum Gasteiger partial charge on any atom is -0.462 e. The zero-order chi connectivity index (χ0) is 74.8. The molecule has 0 rings (SSSR count). The smallest absolute Gasteiger partial charge is 0.462 e. The first kappa shape index (κ1) is 100. The fourth-order valence-corrected chi connectivity index (χ4v) is 14.5. The third-order valence-corrected chi connectivity index (χ3v) is 21.8. The van der Waals surface area contributed by atoms with E-state index in [-0.39, 0.29) is 25.7 Å². The van der Waals surface area contributed by atoms with Gasteiger partial charge in [-0.05, 0) is 31.6 Å². The average molecular weight is 1490 g/mol. The Morgan fingerprint density at radius 2 is 0.471 bits per heavy atom. The maximum atomic E-state index is 13.1. The van der Waals surface area contributed by atoms with Crippen molar-refractivity contribution in [3.63, 3.8) is 0 Å². The molecule has 0 heterocycles. The van der Waals surface area contributed by atoms with Gasteiger partial charge in [0.05, 0.1) is 26.4 Å². The highest BCUT2D eigenvalue weighted by molar-refractivity contribution is 7.47. The van der Waals surface area contributed by atoms with Crippen LogP contribution in [0.25, 0.3) is 0 Å². The monoisotopic (exact) mass is 1490 g/mol. The Morgan fingerprint density at radius 3 is 0.696 bits per heavy atom. The van der Waals surface area contributed by atoms with E-state index in [0.29, 0.717) is 25.7 Å². The van der Waals surface area contributed by atoms with Gasteiger partial charge in [0.15, 0.2) is 12.2 Å². The average Bonchev–Trinajstić information content (AvgIpc) is 0.927. The van der Waals surface area contributed by atoms with E-state index in [1.807, 2.05) is 0 Å². The fraction of sp³-hybridized carbons (Fsp3) is 0.952. The summed E-state index contributed by atoms with van der Waals surface area (Å²) in [7, 11) is -9.92. The Balaban J connectivity index is 5.24. The van der Waals surface area contributed by atoms with Gasteiger partial charge >= 0.3 is 39.5 Å². The number of unbranched alkanes of at least 4 members (excludes halogenated alkanes) is 54. The molecule has 0 saturated carbocycles. The number of carbonyl (C=O) groups excluding carboxylic acids is 4. The Kier molecular flexibility index (Phi) is 74.4. The maximum absolute atomic E-state index is 13.1. The lowest BCUT2D eigenvalue weighted by Gasteiger charge is -2.21. The number of hydrogen-bond acceptors (Lipinski definition) is 15. The first-order chi connectivity index (χ1) is 49.6. The number of aliphatic hydroxyl groups excluding tert-OH is 1. The first-order valence-corrected chi connectivity index (χ1v) is 46.2. The van der Waals surface area contributed by atoms with Crippen molar-refractivity contribution >= 4 is 39.5 Å². The van der Waals surface area contributed by atoms with Crippen LogP contribution in [-0.4, -0.2) is 96.7 Å². The Bertz CT molecular complexity index is 1950. The van der Waals surface area contributed by atoms with Gasteiger partial charge in [0.25, 0.3) is 0 Å². The summed E-state index contributed by atoms with van der Waals surface area (Å²) >= 11 is 0. The van der Waals surface area contributed by atoms with Crippen LogP contribution in [0.15, 0.2) is 0 Å². The number of carbonyl (C=O) groups is 4. The highest BCUT2D eigenvalue weighted by Crippen LogP contribution is 2.45. The lowest BCUT2D eigenvalue weighted by molar-refractivity contribution is -0.161. The molecule has 0 aliphatic heterocycles. The largest absolute Gasteiger partial charge is 0.472 e. The zero-order valence-electron chi connectivity index (χ0n) is 66.8. The van der Waals surface area contributed by atoms with Gasteiger partial charge in [-0.15, -0.1) is 0 Å². The molecule has 19 heteroatoms. The van der Waals surface area contributed by atoms with Gasteiger partial charge in [0, 0.05) is 25.7 Å². The van der Waals surface area contributed by atoms with Crippen molar-refractivity contribution in [2.45, 2.75) is 464 Å². The van der Waals surface area contributed by atoms with Crippen LogP contribution >= 0.6 is 15.6 Å². The second-order valence-corrected chi connectivity index (χ2v) is 33.0. The van der Waals surface area contributed by atoms with Crippen LogP contribution in [0.1, 0.15) is 446 Å². The molecule has 102 heavy (non-hydrogen) atoms. The van der Waals surface area contributed by atoms with E-state index in [9.17, 15) is 43.2 Å². The van der Waals surface area contributed by atoms with Gasteiger partial charge in [0.1, 0.15) is 19.3 Å². The minimum absolute atomic E-state index is 0.108. The summed E-state index contributed by atoms with van der Waals surface area (Å²) in [6.45, 7) is 7.35. The van der Waals surface area contributed by atoms with Crippen molar-refractivity contribution in [1.82, 2.24) is 0 Å². The molecule has 0 spiro atoms. The number of aliphatic hydroxyl groups is 1. The minimum atomic E-state index is -4.96. The van der Waals surface area contributed by atoms with Gasteiger partial charge in [0.2, 0.25) is 0 Å². The van der Waals surface area contributed by atoms with Gasteiger partial charge in [-0.1, -0.05) is 394 Å². The van der Waals surface area contributed by atoms with Crippen molar-refractivity contribution in [3.8, 4) is 0 Å². The van der Waals surface area contributed by atoms with E-state index < -0.39 is 97.5 Å². The van der Waals surface area contributed by atoms with E-state index in [4.69, 9.17) is 37.0 Å². The molecule has 0 radical (unpaired) electrons. The van der Waals surface area contributed by atoms with Crippen molar-refractivity contribution in [1.29, 1.82) is 0 Å². The topological polar surface area (TPSA) is 237 Å². The molecule has 3 unspecified atom stereocenters. The molecule has 6 atom stereocenters. The number of ether oxygens (including phenoxy) is 4. The summed E-state index contributed by atoms with van der Waals surface area (Å²) in [6.07, 6.45) is 67.9. The molecule has 0 aromatic carbocycles. The molecule has 0 aromatic rings. The van der Waals surface area contributed by atoms with E-state index in [0.717, 1.165) is 95.8 Å². The van der Waals surface area contributed by atoms with Crippen LogP contribution in [0.2, 0.25) is 0 Å². The highest BCUT2D eigenvalue weighted by Gasteiger charge is 2.30. The quantitative estimate of drug-likeness (QED) is 0.0222. The van der Waals surface area contributed by atoms with Crippen LogP contribution in [0.3, 0.4) is 0 Å². The van der Waals surface area contributed by atoms with Gasteiger partial charge < -0.3 is 33.8 Å². The van der Waals surface area contributed by atoms with E-state index in [1.54, 1.807) is 0 Å². The highest BCUT2D eigenvalue weighted by atomic mass is 31.2. The molecule has 0 amide bonds.